The highest BCUT2D eigenvalue weighted by Gasteiger charge is 2.56. The molecule has 3 fully saturated rings. The summed E-state index contributed by atoms with van der Waals surface area (Å²) < 4.78 is 16.3. The molecule has 0 radical (unpaired) electrons. The van der Waals surface area contributed by atoms with E-state index in [2.05, 4.69) is 42.5 Å². The topological polar surface area (TPSA) is 55.4 Å². The van der Waals surface area contributed by atoms with Crippen LogP contribution < -0.4 is 4.72 Å². The Morgan fingerprint density at radius 1 is 1.33 bits per heavy atom. The van der Waals surface area contributed by atoms with Gasteiger partial charge in [0.15, 0.2) is 0 Å². The lowest BCUT2D eigenvalue weighted by Crippen LogP contribution is -2.66. The Balaban J connectivity index is 2.00. The Kier molecular flexibility index (Phi) is 7.65. The van der Waals surface area contributed by atoms with E-state index in [4.69, 9.17) is 0 Å². The summed E-state index contributed by atoms with van der Waals surface area (Å²) in [7, 11) is 0. The van der Waals surface area contributed by atoms with E-state index in [9.17, 15) is 9.35 Å². The Morgan fingerprint density at radius 2 is 1.97 bits per heavy atom. The van der Waals surface area contributed by atoms with Gasteiger partial charge in [-0.15, -0.1) is 23.1 Å². The maximum absolute atomic E-state index is 13.2. The Hall–Kier alpha value is -0.950. The first kappa shape index (κ1) is 23.7. The number of thioether (sulfide) groups is 1. The summed E-state index contributed by atoms with van der Waals surface area (Å²) in [5.41, 5.74) is 0.745. The first-order valence-electron chi connectivity index (χ1n) is 11.1. The molecule has 1 aliphatic carbocycles. The molecular formula is C24H36N2O2S2. The van der Waals surface area contributed by atoms with Gasteiger partial charge in [-0.1, -0.05) is 25.1 Å². The van der Waals surface area contributed by atoms with Crippen molar-refractivity contribution in [2.24, 2.45) is 5.92 Å². The molecule has 1 aromatic rings. The van der Waals surface area contributed by atoms with E-state index in [0.717, 1.165) is 43.4 Å². The average molecular weight is 449 g/mol. The molecule has 0 spiro atoms. The van der Waals surface area contributed by atoms with Crippen molar-refractivity contribution in [3.63, 3.8) is 0 Å². The number of nitrogens with zero attached hydrogens (tertiary/aromatic N) is 1. The molecule has 2 bridgehead atoms. The fraction of sp³-hybridized carbons (Fsp3) is 0.625. The normalized spacial score (nSPS) is 26.0. The van der Waals surface area contributed by atoms with Crippen LogP contribution in [0.3, 0.4) is 0 Å². The second-order valence-corrected chi connectivity index (χ2v) is 12.6. The lowest BCUT2D eigenvalue weighted by atomic mass is 9.65. The van der Waals surface area contributed by atoms with Gasteiger partial charge in [-0.25, -0.2) is 0 Å². The maximum atomic E-state index is 13.2. The lowest BCUT2D eigenvalue weighted by molar-refractivity contribution is -0.157. The second-order valence-electron chi connectivity index (χ2n) is 9.46. The first-order valence-corrected chi connectivity index (χ1v) is 13.2. The van der Waals surface area contributed by atoms with Crippen molar-refractivity contribution in [2.45, 2.75) is 81.0 Å². The number of nitrogens with one attached hydrogen (secondary N) is 1. The van der Waals surface area contributed by atoms with Crippen LogP contribution in [0.1, 0.15) is 71.4 Å². The van der Waals surface area contributed by atoms with Crippen molar-refractivity contribution in [3.05, 3.63) is 42.5 Å². The van der Waals surface area contributed by atoms with E-state index in [-0.39, 0.29) is 28.2 Å². The number of benzene rings is 1. The fourth-order valence-corrected chi connectivity index (χ4v) is 6.36. The zero-order valence-electron chi connectivity index (χ0n) is 18.8. The molecule has 0 aromatic heterocycles. The SMILES string of the molecule is C=CCN1C(=O)C2CCC1(C(N[S+]([O-])C(C)(C)C)c1ccc(SCCC)cc1)CC2. The van der Waals surface area contributed by atoms with Gasteiger partial charge in [0, 0.05) is 28.7 Å². The number of hydrogen-bond acceptors (Lipinski definition) is 4. The summed E-state index contributed by atoms with van der Waals surface area (Å²) in [6.07, 6.45) is 6.66. The number of carbonyl (C=O) groups excluding carboxylic acids is 1. The fourth-order valence-electron chi connectivity index (χ4n) is 4.67. The van der Waals surface area contributed by atoms with Crippen LogP contribution >= 0.6 is 11.8 Å². The molecule has 2 saturated heterocycles. The molecule has 166 valence electrons. The molecule has 6 heteroatoms. The van der Waals surface area contributed by atoms with Crippen molar-refractivity contribution in [3.8, 4) is 0 Å². The summed E-state index contributed by atoms with van der Waals surface area (Å²) in [6, 6.07) is 8.46. The first-order chi connectivity index (χ1) is 14.2. The number of carbonyl (C=O) groups is 1. The average Bonchev–Trinajstić information content (AvgIpc) is 2.73. The van der Waals surface area contributed by atoms with E-state index < -0.39 is 11.4 Å². The maximum Gasteiger partial charge on any atom is 0.226 e. The molecule has 1 aromatic carbocycles. The minimum Gasteiger partial charge on any atom is -0.598 e. The molecule has 1 saturated carbocycles. The summed E-state index contributed by atoms with van der Waals surface area (Å²) in [5, 5.41) is 0. The third-order valence-electron chi connectivity index (χ3n) is 6.32. The molecule has 2 atom stereocenters. The molecule has 30 heavy (non-hydrogen) atoms. The van der Waals surface area contributed by atoms with E-state index in [1.807, 2.05) is 43.5 Å². The molecule has 3 aliphatic rings. The third kappa shape index (κ3) is 4.77. The van der Waals surface area contributed by atoms with E-state index in [1.54, 1.807) is 0 Å². The molecule has 4 nitrogen and oxygen atoms in total. The van der Waals surface area contributed by atoms with E-state index in [1.165, 1.54) is 4.90 Å². The number of amides is 1. The molecule has 2 aliphatic heterocycles. The van der Waals surface area contributed by atoms with Gasteiger partial charge in [0.1, 0.15) is 10.8 Å². The largest absolute Gasteiger partial charge is 0.598 e. The van der Waals surface area contributed by atoms with Crippen LogP contribution in [0.5, 0.6) is 0 Å². The van der Waals surface area contributed by atoms with Crippen LogP contribution in [0.25, 0.3) is 0 Å². The van der Waals surface area contributed by atoms with Gasteiger partial charge in [-0.2, -0.15) is 0 Å². The van der Waals surface area contributed by atoms with Gasteiger partial charge in [0.25, 0.3) is 0 Å². The number of piperidine rings is 2. The van der Waals surface area contributed by atoms with E-state index in [0.29, 0.717) is 6.54 Å². The quantitative estimate of drug-likeness (QED) is 0.319. The lowest BCUT2D eigenvalue weighted by Gasteiger charge is -2.57. The van der Waals surface area contributed by atoms with Crippen LogP contribution in [0, 0.1) is 5.92 Å². The Morgan fingerprint density at radius 3 is 2.50 bits per heavy atom. The second kappa shape index (κ2) is 9.68. The highest BCUT2D eigenvalue weighted by atomic mass is 32.2. The Bertz CT molecular complexity index is 737. The molecule has 2 heterocycles. The van der Waals surface area contributed by atoms with E-state index >= 15 is 0 Å². The number of rotatable bonds is 9. The van der Waals surface area contributed by atoms with Crippen LogP contribution in [-0.4, -0.2) is 37.9 Å². The summed E-state index contributed by atoms with van der Waals surface area (Å²) in [4.78, 5) is 16.4. The van der Waals surface area contributed by atoms with Gasteiger partial charge >= 0.3 is 0 Å². The van der Waals surface area contributed by atoms with Crippen LogP contribution in [0.2, 0.25) is 0 Å². The minimum atomic E-state index is -1.24. The Labute approximate surface area is 189 Å². The molecule has 2 unspecified atom stereocenters. The monoisotopic (exact) mass is 448 g/mol. The van der Waals surface area contributed by atoms with Crippen molar-refractivity contribution < 1.29 is 9.35 Å². The molecule has 1 amide bonds. The number of fused-ring (bicyclic) bond motifs is 3. The van der Waals surface area contributed by atoms with Crippen molar-refractivity contribution in [1.82, 2.24) is 9.62 Å². The van der Waals surface area contributed by atoms with Crippen LogP contribution in [-0.2, 0) is 16.2 Å². The zero-order valence-corrected chi connectivity index (χ0v) is 20.4. The highest BCUT2D eigenvalue weighted by Crippen LogP contribution is 2.50. The van der Waals surface area contributed by atoms with Gasteiger partial charge in [0.05, 0.1) is 5.54 Å². The van der Waals surface area contributed by atoms with Gasteiger partial charge in [0.2, 0.25) is 5.91 Å². The summed E-state index contributed by atoms with van der Waals surface area (Å²) >= 11 is 0.619. The predicted octanol–water partition coefficient (Wildman–Crippen LogP) is 5.24. The molecule has 4 rings (SSSR count). The smallest absolute Gasteiger partial charge is 0.226 e. The van der Waals surface area contributed by atoms with Gasteiger partial charge in [-0.05, 0) is 76.3 Å². The van der Waals surface area contributed by atoms with Gasteiger partial charge in [-0.3, -0.25) is 4.79 Å². The molecule has 1 N–H and O–H groups in total. The van der Waals surface area contributed by atoms with Crippen LogP contribution in [0.15, 0.2) is 41.8 Å². The zero-order chi connectivity index (χ0) is 21.9. The third-order valence-corrected chi connectivity index (χ3v) is 9.10. The summed E-state index contributed by atoms with van der Waals surface area (Å²) in [5.74, 6) is 1.46. The van der Waals surface area contributed by atoms with Crippen molar-refractivity contribution >= 4 is 29.0 Å². The van der Waals surface area contributed by atoms with Crippen molar-refractivity contribution in [1.29, 1.82) is 0 Å². The van der Waals surface area contributed by atoms with Crippen LogP contribution in [0.4, 0.5) is 0 Å². The standard InChI is InChI=1S/C24H36N2O2S2/c1-6-16-26-22(27)19-12-14-24(26,15-13-19)21(25-30(28)23(3,4)5)18-8-10-20(11-9-18)29-17-7-2/h6,8-11,19,21,25H,1,7,12-17H2,2-5H3. The summed E-state index contributed by atoms with van der Waals surface area (Å²) in [6.45, 7) is 12.6. The minimum absolute atomic E-state index is 0.133. The van der Waals surface area contributed by atoms with Crippen molar-refractivity contribution in [2.75, 3.05) is 12.3 Å². The number of hydrogen-bond donors (Lipinski definition) is 1. The predicted molar refractivity (Wildman–Crippen MR) is 128 cm³/mol. The highest BCUT2D eigenvalue weighted by molar-refractivity contribution is 7.99. The van der Waals surface area contributed by atoms with Gasteiger partial charge < -0.3 is 9.45 Å². The molecular weight excluding hydrogens is 412 g/mol.